The van der Waals surface area contributed by atoms with E-state index in [4.69, 9.17) is 0 Å². The second-order valence-electron chi connectivity index (χ2n) is 8.08. The van der Waals surface area contributed by atoms with Crippen LogP contribution < -0.4 is 5.32 Å². The molecule has 0 radical (unpaired) electrons. The number of hydrogen-bond donors (Lipinski definition) is 1. The lowest BCUT2D eigenvalue weighted by Crippen LogP contribution is -2.41. The minimum atomic E-state index is -0.193. The van der Waals surface area contributed by atoms with E-state index in [9.17, 15) is 9.18 Å². The number of aryl methyl sites for hydroxylation is 2. The number of halogens is 1. The van der Waals surface area contributed by atoms with Gasteiger partial charge >= 0.3 is 0 Å². The van der Waals surface area contributed by atoms with Crippen LogP contribution in [-0.4, -0.2) is 40.4 Å². The number of amides is 1. The van der Waals surface area contributed by atoms with Gasteiger partial charge < -0.3 is 10.2 Å². The zero-order valence-corrected chi connectivity index (χ0v) is 16.5. The van der Waals surface area contributed by atoms with Crippen molar-refractivity contribution in [3.63, 3.8) is 0 Å². The van der Waals surface area contributed by atoms with Gasteiger partial charge in [-0.2, -0.15) is 0 Å². The molecule has 1 aliphatic carbocycles. The Morgan fingerprint density at radius 3 is 2.71 bits per heavy atom. The maximum absolute atomic E-state index is 13.9. The van der Waals surface area contributed by atoms with Crippen LogP contribution in [-0.2, 0) is 4.79 Å². The van der Waals surface area contributed by atoms with Crippen LogP contribution in [0.1, 0.15) is 42.0 Å². The van der Waals surface area contributed by atoms with Crippen molar-refractivity contribution in [2.75, 3.05) is 25.0 Å². The molecular weight excluding hydrogens is 355 g/mol. The van der Waals surface area contributed by atoms with Gasteiger partial charge in [-0.3, -0.25) is 4.79 Å². The van der Waals surface area contributed by atoms with Crippen molar-refractivity contribution in [1.29, 1.82) is 0 Å². The summed E-state index contributed by atoms with van der Waals surface area (Å²) >= 11 is 0. The smallest absolute Gasteiger partial charge is 0.226 e. The van der Waals surface area contributed by atoms with Gasteiger partial charge in [-0.15, -0.1) is 0 Å². The first-order valence-electron chi connectivity index (χ1n) is 10.1. The van der Waals surface area contributed by atoms with E-state index < -0.39 is 0 Å². The molecule has 2 atom stereocenters. The minimum Gasteiger partial charge on any atom is -0.354 e. The molecule has 4 rings (SSSR count). The standard InChI is InChI=1S/C22H27FN4O/c1-14-12-24-22(26-15(14)2)25-13-16-7-9-27(10-8-16)21(28)19-11-18(19)17-5-3-4-6-20(17)23/h3-6,12,16,18-19H,7-11,13H2,1-2H3,(H,24,25,26). The molecule has 2 heterocycles. The Labute approximate surface area is 165 Å². The number of carbonyl (C=O) groups excluding carboxylic acids is 1. The highest BCUT2D eigenvalue weighted by atomic mass is 19.1. The summed E-state index contributed by atoms with van der Waals surface area (Å²) in [4.78, 5) is 23.5. The second kappa shape index (κ2) is 7.86. The van der Waals surface area contributed by atoms with Gasteiger partial charge in [0.25, 0.3) is 0 Å². The number of carbonyl (C=O) groups is 1. The molecule has 6 heteroatoms. The number of rotatable bonds is 5. The number of benzene rings is 1. The lowest BCUT2D eigenvalue weighted by Gasteiger charge is -2.32. The summed E-state index contributed by atoms with van der Waals surface area (Å²) in [6, 6.07) is 6.82. The highest BCUT2D eigenvalue weighted by Gasteiger charge is 2.47. The van der Waals surface area contributed by atoms with Gasteiger partial charge in [0.2, 0.25) is 11.9 Å². The van der Waals surface area contributed by atoms with Crippen LogP contribution in [0.4, 0.5) is 10.3 Å². The molecule has 28 heavy (non-hydrogen) atoms. The largest absolute Gasteiger partial charge is 0.354 e. The predicted molar refractivity (Wildman–Crippen MR) is 107 cm³/mol. The van der Waals surface area contributed by atoms with E-state index >= 15 is 0 Å². The Hall–Kier alpha value is -2.50. The first kappa shape index (κ1) is 18.8. The van der Waals surface area contributed by atoms with E-state index in [-0.39, 0.29) is 23.6 Å². The molecule has 0 spiro atoms. The lowest BCUT2D eigenvalue weighted by atomic mass is 9.96. The van der Waals surface area contributed by atoms with Crippen LogP contribution in [0.5, 0.6) is 0 Å². The molecular formula is C22H27FN4O. The number of anilines is 1. The Morgan fingerprint density at radius 2 is 2.00 bits per heavy atom. The molecule has 1 N–H and O–H groups in total. The molecule has 1 saturated heterocycles. The third-order valence-corrected chi connectivity index (χ3v) is 6.11. The van der Waals surface area contributed by atoms with E-state index in [2.05, 4.69) is 15.3 Å². The van der Waals surface area contributed by atoms with Gasteiger partial charge in [-0.1, -0.05) is 18.2 Å². The van der Waals surface area contributed by atoms with Crippen LogP contribution in [0.2, 0.25) is 0 Å². The Kier molecular flexibility index (Phi) is 5.29. The molecule has 2 unspecified atom stereocenters. The zero-order chi connectivity index (χ0) is 19.7. The van der Waals surface area contributed by atoms with Crippen LogP contribution in [0.3, 0.4) is 0 Å². The Balaban J connectivity index is 1.25. The van der Waals surface area contributed by atoms with Gasteiger partial charge in [0.05, 0.1) is 0 Å². The summed E-state index contributed by atoms with van der Waals surface area (Å²) in [7, 11) is 0. The minimum absolute atomic E-state index is 0.0458. The van der Waals surface area contributed by atoms with Crippen LogP contribution in [0.25, 0.3) is 0 Å². The van der Waals surface area contributed by atoms with Crippen LogP contribution in [0, 0.1) is 31.5 Å². The van der Waals surface area contributed by atoms with Crippen molar-refractivity contribution >= 4 is 11.9 Å². The summed E-state index contributed by atoms with van der Waals surface area (Å²) in [6.07, 6.45) is 4.56. The number of aromatic nitrogens is 2. The molecule has 0 bridgehead atoms. The molecule has 5 nitrogen and oxygen atoms in total. The fourth-order valence-corrected chi connectivity index (χ4v) is 4.03. The van der Waals surface area contributed by atoms with Gasteiger partial charge in [0, 0.05) is 37.4 Å². The molecule has 148 valence electrons. The summed E-state index contributed by atoms with van der Waals surface area (Å²) in [5, 5.41) is 3.33. The molecule has 2 aromatic rings. The normalized spacial score (nSPS) is 22.2. The molecule has 1 amide bonds. The predicted octanol–water partition coefficient (Wildman–Crippen LogP) is 3.69. The molecule has 1 aliphatic heterocycles. The number of nitrogens with one attached hydrogen (secondary N) is 1. The third-order valence-electron chi connectivity index (χ3n) is 6.11. The van der Waals surface area contributed by atoms with Gasteiger partial charge in [-0.05, 0) is 62.1 Å². The highest BCUT2D eigenvalue weighted by Crippen LogP contribution is 2.49. The Morgan fingerprint density at radius 1 is 1.25 bits per heavy atom. The van der Waals surface area contributed by atoms with Crippen LogP contribution >= 0.6 is 0 Å². The van der Waals surface area contributed by atoms with Crippen molar-refractivity contribution in [2.45, 2.75) is 39.0 Å². The summed E-state index contributed by atoms with van der Waals surface area (Å²) < 4.78 is 13.9. The van der Waals surface area contributed by atoms with E-state index in [1.807, 2.05) is 31.0 Å². The van der Waals surface area contributed by atoms with Crippen molar-refractivity contribution in [2.24, 2.45) is 11.8 Å². The van der Waals surface area contributed by atoms with E-state index in [0.717, 1.165) is 50.2 Å². The average Bonchev–Trinajstić information content (AvgIpc) is 3.50. The lowest BCUT2D eigenvalue weighted by molar-refractivity contribution is -0.134. The maximum atomic E-state index is 13.9. The van der Waals surface area contributed by atoms with Gasteiger partial charge in [-0.25, -0.2) is 14.4 Å². The molecule has 1 saturated carbocycles. The van der Waals surface area contributed by atoms with Gasteiger partial charge in [0.1, 0.15) is 5.82 Å². The first-order valence-corrected chi connectivity index (χ1v) is 10.1. The highest BCUT2D eigenvalue weighted by molar-refractivity contribution is 5.83. The average molecular weight is 382 g/mol. The fourth-order valence-electron chi connectivity index (χ4n) is 4.03. The number of hydrogen-bond acceptors (Lipinski definition) is 4. The van der Waals surface area contributed by atoms with Crippen molar-refractivity contribution in [3.05, 3.63) is 53.1 Å². The molecule has 1 aromatic carbocycles. The molecule has 2 fully saturated rings. The quantitative estimate of drug-likeness (QED) is 0.857. The number of likely N-dealkylation sites (tertiary alicyclic amines) is 1. The molecule has 1 aromatic heterocycles. The second-order valence-corrected chi connectivity index (χ2v) is 8.08. The van der Waals surface area contributed by atoms with Crippen molar-refractivity contribution in [3.8, 4) is 0 Å². The maximum Gasteiger partial charge on any atom is 0.226 e. The SMILES string of the molecule is Cc1cnc(NCC2CCN(C(=O)C3CC3c3ccccc3F)CC2)nc1C. The number of piperidine rings is 1. The van der Waals surface area contributed by atoms with Crippen LogP contribution in [0.15, 0.2) is 30.5 Å². The van der Waals surface area contributed by atoms with E-state index in [1.165, 1.54) is 6.07 Å². The zero-order valence-electron chi connectivity index (χ0n) is 16.5. The van der Waals surface area contributed by atoms with Crippen molar-refractivity contribution < 1.29 is 9.18 Å². The summed E-state index contributed by atoms with van der Waals surface area (Å²) in [5.74, 6) is 1.19. The monoisotopic (exact) mass is 382 g/mol. The summed E-state index contributed by atoms with van der Waals surface area (Å²) in [6.45, 7) is 6.37. The first-order chi connectivity index (χ1) is 13.5. The molecule has 2 aliphatic rings. The van der Waals surface area contributed by atoms with Crippen molar-refractivity contribution in [1.82, 2.24) is 14.9 Å². The fraction of sp³-hybridized carbons (Fsp3) is 0.500. The van der Waals surface area contributed by atoms with E-state index in [0.29, 0.717) is 17.4 Å². The topological polar surface area (TPSA) is 58.1 Å². The number of nitrogens with zero attached hydrogens (tertiary/aromatic N) is 3. The van der Waals surface area contributed by atoms with Gasteiger partial charge in [0.15, 0.2) is 0 Å². The summed E-state index contributed by atoms with van der Waals surface area (Å²) in [5.41, 5.74) is 2.77. The van der Waals surface area contributed by atoms with E-state index in [1.54, 1.807) is 12.1 Å². The Bertz CT molecular complexity index is 863. The third kappa shape index (κ3) is 4.01.